The van der Waals surface area contributed by atoms with Gasteiger partial charge in [0.2, 0.25) is 0 Å². The van der Waals surface area contributed by atoms with Crippen molar-refractivity contribution in [3.63, 3.8) is 0 Å². The van der Waals surface area contributed by atoms with Gasteiger partial charge >= 0.3 is 7.83 Å². The highest BCUT2D eigenvalue weighted by atomic mass is 31.2. The van der Waals surface area contributed by atoms with E-state index in [0.717, 1.165) is 12.4 Å². The highest BCUT2D eigenvalue weighted by Gasteiger charge is 2.15. The Balaban J connectivity index is 3.09. The first-order valence-electron chi connectivity index (χ1n) is 2.58. The van der Waals surface area contributed by atoms with Crippen LogP contribution in [0, 0.1) is 0 Å². The molecule has 0 saturated heterocycles. The SMILES string of the molecule is O=P([O-])(F)[n+]1ccccc1. The van der Waals surface area contributed by atoms with Crippen LogP contribution >= 0.6 is 7.83 Å². The van der Waals surface area contributed by atoms with Crippen LogP contribution in [0.5, 0.6) is 0 Å². The fraction of sp³-hybridized carbons (Fsp3) is 0. The van der Waals surface area contributed by atoms with Crippen LogP contribution in [0.2, 0.25) is 0 Å². The summed E-state index contributed by atoms with van der Waals surface area (Å²) in [6.45, 7) is 0. The van der Waals surface area contributed by atoms with Crippen LogP contribution in [0.4, 0.5) is 4.20 Å². The summed E-state index contributed by atoms with van der Waals surface area (Å²) >= 11 is 0. The lowest BCUT2D eigenvalue weighted by Gasteiger charge is -2.03. The van der Waals surface area contributed by atoms with Gasteiger partial charge in [0.25, 0.3) is 0 Å². The first kappa shape index (κ1) is 7.38. The molecule has 0 radical (unpaired) electrons. The largest absolute Gasteiger partial charge is 0.718 e. The summed E-state index contributed by atoms with van der Waals surface area (Å²) in [4.78, 5) is 10.2. The Labute approximate surface area is 57.4 Å². The molecule has 0 N–H and O–H groups in total. The lowest BCUT2D eigenvalue weighted by Crippen LogP contribution is -2.32. The van der Waals surface area contributed by atoms with Crippen LogP contribution < -0.4 is 9.23 Å². The van der Waals surface area contributed by atoms with Crippen molar-refractivity contribution in [2.45, 2.75) is 0 Å². The summed E-state index contributed by atoms with van der Waals surface area (Å²) in [7, 11) is -4.85. The van der Waals surface area contributed by atoms with E-state index in [1.807, 2.05) is 0 Å². The Morgan fingerprint density at radius 1 is 1.30 bits per heavy atom. The predicted octanol–water partition coefficient (Wildman–Crippen LogP) is 0.260. The van der Waals surface area contributed by atoms with Crippen LogP contribution in [-0.4, -0.2) is 0 Å². The number of halogens is 1. The minimum atomic E-state index is -4.85. The molecule has 0 fully saturated rings. The van der Waals surface area contributed by atoms with Gasteiger partial charge in [-0.3, -0.25) is 0 Å². The minimum absolute atomic E-state index is 0.521. The summed E-state index contributed by atoms with van der Waals surface area (Å²) in [5.41, 5.74) is 0. The number of pyridine rings is 1. The molecule has 0 saturated carbocycles. The molecule has 0 bridgehead atoms. The van der Waals surface area contributed by atoms with Crippen molar-refractivity contribution in [3.8, 4) is 0 Å². The first-order valence-corrected chi connectivity index (χ1v) is 4.05. The van der Waals surface area contributed by atoms with Gasteiger partial charge in [-0.15, -0.1) is 8.53 Å². The number of nitrogens with zero attached hydrogens (tertiary/aromatic N) is 1. The second-order valence-corrected chi connectivity index (χ2v) is 3.07. The van der Waals surface area contributed by atoms with E-state index in [-0.39, 0.29) is 0 Å². The van der Waals surface area contributed by atoms with Crippen LogP contribution in [0.3, 0.4) is 0 Å². The van der Waals surface area contributed by atoms with E-state index in [1.54, 1.807) is 6.07 Å². The third-order valence-electron chi connectivity index (χ3n) is 0.976. The number of rotatable bonds is 1. The summed E-state index contributed by atoms with van der Waals surface area (Å²) < 4.78 is 22.8. The summed E-state index contributed by atoms with van der Waals surface area (Å²) in [6.07, 6.45) is 2.27. The average molecular weight is 161 g/mol. The number of aromatic nitrogens is 1. The van der Waals surface area contributed by atoms with Gasteiger partial charge in [0.1, 0.15) is 0 Å². The Bertz CT molecular complexity index is 258. The van der Waals surface area contributed by atoms with E-state index < -0.39 is 7.83 Å². The van der Waals surface area contributed by atoms with E-state index in [0.29, 0.717) is 4.34 Å². The molecule has 0 amide bonds. The number of hydrogen-bond donors (Lipinski definition) is 0. The fourth-order valence-corrected chi connectivity index (χ4v) is 1.02. The smallest absolute Gasteiger partial charge is 0.445 e. The Morgan fingerprint density at radius 2 is 1.80 bits per heavy atom. The normalized spacial score (nSPS) is 16.2. The molecule has 10 heavy (non-hydrogen) atoms. The molecule has 0 aromatic carbocycles. The summed E-state index contributed by atoms with van der Waals surface area (Å²) in [6, 6.07) is 4.47. The summed E-state index contributed by atoms with van der Waals surface area (Å²) in [5.74, 6) is 0. The van der Waals surface area contributed by atoms with Crippen molar-refractivity contribution in [2.75, 3.05) is 0 Å². The summed E-state index contributed by atoms with van der Waals surface area (Å²) in [5, 5.41) is 0. The zero-order valence-corrected chi connectivity index (χ0v) is 5.87. The molecule has 3 nitrogen and oxygen atoms in total. The maximum Gasteiger partial charge on any atom is 0.445 e. The topological polar surface area (TPSA) is 44.0 Å². The molecule has 0 spiro atoms. The molecule has 0 aliphatic carbocycles. The van der Waals surface area contributed by atoms with Gasteiger partial charge in [-0.05, 0) is 0 Å². The van der Waals surface area contributed by atoms with Crippen molar-refractivity contribution < 1.29 is 18.0 Å². The van der Waals surface area contributed by atoms with Crippen molar-refractivity contribution in [2.24, 2.45) is 0 Å². The van der Waals surface area contributed by atoms with Gasteiger partial charge in [-0.2, -0.15) is 0 Å². The lowest BCUT2D eigenvalue weighted by molar-refractivity contribution is -0.567. The zero-order valence-electron chi connectivity index (χ0n) is 4.98. The maximum absolute atomic E-state index is 12.1. The molecule has 1 rings (SSSR count). The molecule has 1 heterocycles. The van der Waals surface area contributed by atoms with Crippen molar-refractivity contribution in [1.29, 1.82) is 0 Å². The highest BCUT2D eigenvalue weighted by molar-refractivity contribution is 7.43. The second kappa shape index (κ2) is 2.48. The molecule has 54 valence electrons. The molecule has 0 aliphatic rings. The van der Waals surface area contributed by atoms with Crippen molar-refractivity contribution in [1.82, 2.24) is 0 Å². The van der Waals surface area contributed by atoms with E-state index in [2.05, 4.69) is 0 Å². The van der Waals surface area contributed by atoms with E-state index in [4.69, 9.17) is 0 Å². The Kier molecular flexibility index (Phi) is 1.83. The predicted molar refractivity (Wildman–Crippen MR) is 30.7 cm³/mol. The highest BCUT2D eigenvalue weighted by Crippen LogP contribution is 2.28. The molecule has 1 atom stereocenters. The molecule has 1 aromatic rings. The van der Waals surface area contributed by atoms with Gasteiger partial charge in [-0.1, -0.05) is 6.07 Å². The van der Waals surface area contributed by atoms with Gasteiger partial charge in [0.15, 0.2) is 12.4 Å². The van der Waals surface area contributed by atoms with Gasteiger partial charge in [-0.25, -0.2) is 4.57 Å². The molecule has 5 heteroatoms. The van der Waals surface area contributed by atoms with E-state index in [9.17, 15) is 13.7 Å². The Morgan fingerprint density at radius 3 is 2.10 bits per heavy atom. The molecular formula is C5H5FNO2P. The zero-order chi connectivity index (χ0) is 7.61. The maximum atomic E-state index is 12.1. The minimum Gasteiger partial charge on any atom is -0.718 e. The first-order chi connectivity index (χ1) is 4.61. The molecule has 1 unspecified atom stereocenters. The van der Waals surface area contributed by atoms with Crippen molar-refractivity contribution in [3.05, 3.63) is 30.6 Å². The molecule has 0 aliphatic heterocycles. The van der Waals surface area contributed by atoms with Crippen LogP contribution in [-0.2, 0) is 4.57 Å². The second-order valence-electron chi connectivity index (χ2n) is 1.71. The lowest BCUT2D eigenvalue weighted by atomic mass is 10.5. The number of hydrogen-bond acceptors (Lipinski definition) is 2. The van der Waals surface area contributed by atoms with E-state index >= 15 is 0 Å². The average Bonchev–Trinajstić information content (AvgIpc) is 1.88. The third-order valence-corrected chi connectivity index (χ3v) is 1.79. The third kappa shape index (κ3) is 1.62. The monoisotopic (exact) mass is 161 g/mol. The van der Waals surface area contributed by atoms with Crippen LogP contribution in [0.15, 0.2) is 30.6 Å². The van der Waals surface area contributed by atoms with Gasteiger partial charge in [0.05, 0.1) is 0 Å². The van der Waals surface area contributed by atoms with E-state index in [1.165, 1.54) is 12.1 Å². The quantitative estimate of drug-likeness (QED) is 0.554. The fourth-order valence-electron chi connectivity index (χ4n) is 0.549. The standard InChI is InChI=1S/C5H5FNO2P/c6-10(8,9)7-4-2-1-3-5-7/h1-5H. The van der Waals surface area contributed by atoms with Crippen LogP contribution in [0.1, 0.15) is 0 Å². The molecular weight excluding hydrogens is 156 g/mol. The van der Waals surface area contributed by atoms with Gasteiger partial charge < -0.3 is 4.89 Å². The van der Waals surface area contributed by atoms with Crippen molar-refractivity contribution >= 4 is 7.83 Å². The van der Waals surface area contributed by atoms with Crippen LogP contribution in [0.25, 0.3) is 0 Å². The molecule has 1 aromatic heterocycles. The Hall–Kier alpha value is -0.730. The van der Waals surface area contributed by atoms with Gasteiger partial charge in [0, 0.05) is 12.1 Å².